The summed E-state index contributed by atoms with van der Waals surface area (Å²) in [5, 5.41) is 3.29. The van der Waals surface area contributed by atoms with Crippen molar-refractivity contribution in [3.8, 4) is 0 Å². The van der Waals surface area contributed by atoms with E-state index in [0.717, 1.165) is 18.2 Å². The van der Waals surface area contributed by atoms with Crippen LogP contribution in [0.1, 0.15) is 22.7 Å². The first kappa shape index (κ1) is 13.0. The molecule has 6 heteroatoms. The van der Waals surface area contributed by atoms with E-state index >= 15 is 0 Å². The van der Waals surface area contributed by atoms with Crippen molar-refractivity contribution >= 4 is 11.3 Å². The highest BCUT2D eigenvalue weighted by Crippen LogP contribution is 2.37. The van der Waals surface area contributed by atoms with Gasteiger partial charge in [-0.15, -0.1) is 0 Å². The summed E-state index contributed by atoms with van der Waals surface area (Å²) in [6, 6.07) is 3.32. The van der Waals surface area contributed by atoms with Crippen LogP contribution >= 0.6 is 11.3 Å². The van der Waals surface area contributed by atoms with Crippen molar-refractivity contribution in [3.05, 3.63) is 57.5 Å². The summed E-state index contributed by atoms with van der Waals surface area (Å²) >= 11 is 1.30. The third-order valence-electron chi connectivity index (χ3n) is 2.57. The highest BCUT2D eigenvalue weighted by atomic mass is 32.1. The average Bonchev–Trinajstić information content (AvgIpc) is 2.80. The van der Waals surface area contributed by atoms with E-state index in [-0.39, 0.29) is 0 Å². The Kier molecular flexibility index (Phi) is 3.41. The molecular formula is C12H9F4NS. The van der Waals surface area contributed by atoms with Gasteiger partial charge < -0.3 is 5.73 Å². The number of halogens is 4. The standard InChI is InChI=1S/C12H9F4NS/c13-9-3-1-2-8(12(14,15)16)10(9)11(17)7-4-5-18-6-7/h1-6,11H,17H2/t11-/m1/s1. The summed E-state index contributed by atoms with van der Waals surface area (Å²) in [6.45, 7) is 0. The number of benzene rings is 1. The van der Waals surface area contributed by atoms with E-state index < -0.39 is 29.2 Å². The van der Waals surface area contributed by atoms with Gasteiger partial charge in [0.05, 0.1) is 11.6 Å². The summed E-state index contributed by atoms with van der Waals surface area (Å²) in [7, 11) is 0. The number of alkyl halides is 3. The second-order valence-electron chi connectivity index (χ2n) is 3.73. The smallest absolute Gasteiger partial charge is 0.320 e. The van der Waals surface area contributed by atoms with Gasteiger partial charge in [0.25, 0.3) is 0 Å². The number of rotatable bonds is 2. The first-order chi connectivity index (χ1) is 8.41. The molecule has 0 saturated carbocycles. The molecule has 0 saturated heterocycles. The maximum Gasteiger partial charge on any atom is 0.416 e. The van der Waals surface area contributed by atoms with E-state index in [1.54, 1.807) is 16.8 Å². The molecule has 0 amide bonds. The number of nitrogens with two attached hydrogens (primary N) is 1. The van der Waals surface area contributed by atoms with Crippen LogP contribution < -0.4 is 5.73 Å². The van der Waals surface area contributed by atoms with E-state index in [1.807, 2.05) is 0 Å². The Hall–Kier alpha value is -1.40. The molecular weight excluding hydrogens is 266 g/mol. The predicted molar refractivity (Wildman–Crippen MR) is 61.8 cm³/mol. The lowest BCUT2D eigenvalue weighted by Gasteiger charge is -2.18. The van der Waals surface area contributed by atoms with E-state index in [2.05, 4.69) is 0 Å². The molecule has 2 N–H and O–H groups in total. The van der Waals surface area contributed by atoms with Gasteiger partial charge in [-0.2, -0.15) is 24.5 Å². The molecule has 0 radical (unpaired) electrons. The third kappa shape index (κ3) is 2.39. The minimum Gasteiger partial charge on any atom is -0.320 e. The van der Waals surface area contributed by atoms with Crippen LogP contribution in [0.5, 0.6) is 0 Å². The molecule has 96 valence electrons. The van der Waals surface area contributed by atoms with Gasteiger partial charge in [-0.05, 0) is 34.5 Å². The molecule has 0 bridgehead atoms. The molecule has 0 fully saturated rings. The average molecular weight is 275 g/mol. The third-order valence-corrected chi connectivity index (χ3v) is 3.27. The van der Waals surface area contributed by atoms with Gasteiger partial charge in [0.1, 0.15) is 5.82 Å². The van der Waals surface area contributed by atoms with Crippen LogP contribution in [0.3, 0.4) is 0 Å². The van der Waals surface area contributed by atoms with Crippen molar-refractivity contribution < 1.29 is 17.6 Å². The van der Waals surface area contributed by atoms with Crippen molar-refractivity contribution in [3.63, 3.8) is 0 Å². The fourth-order valence-corrected chi connectivity index (χ4v) is 2.42. The van der Waals surface area contributed by atoms with Crippen LogP contribution in [0.25, 0.3) is 0 Å². The Balaban J connectivity index is 2.56. The Morgan fingerprint density at radius 2 is 1.89 bits per heavy atom. The maximum atomic E-state index is 13.6. The van der Waals surface area contributed by atoms with E-state index in [4.69, 9.17) is 5.73 Å². The minimum atomic E-state index is -4.62. The van der Waals surface area contributed by atoms with Gasteiger partial charge in [0, 0.05) is 5.56 Å². The summed E-state index contributed by atoms with van der Waals surface area (Å²) in [6.07, 6.45) is -4.62. The zero-order chi connectivity index (χ0) is 13.3. The fourth-order valence-electron chi connectivity index (χ4n) is 1.72. The molecule has 1 atom stereocenters. The Morgan fingerprint density at radius 1 is 1.17 bits per heavy atom. The summed E-state index contributed by atoms with van der Waals surface area (Å²) < 4.78 is 52.1. The van der Waals surface area contributed by atoms with Crippen molar-refractivity contribution in [2.45, 2.75) is 12.2 Å². The summed E-state index contributed by atoms with van der Waals surface area (Å²) in [5.41, 5.74) is 4.66. The second kappa shape index (κ2) is 4.70. The van der Waals surface area contributed by atoms with Gasteiger partial charge >= 0.3 is 6.18 Å². The van der Waals surface area contributed by atoms with Gasteiger partial charge in [-0.1, -0.05) is 6.07 Å². The lowest BCUT2D eigenvalue weighted by molar-refractivity contribution is -0.138. The highest BCUT2D eigenvalue weighted by Gasteiger charge is 2.36. The monoisotopic (exact) mass is 275 g/mol. The molecule has 2 aromatic rings. The SMILES string of the molecule is N[C@H](c1ccsc1)c1c(F)cccc1C(F)(F)F. The van der Waals surface area contributed by atoms with Crippen molar-refractivity contribution in [2.24, 2.45) is 5.73 Å². The van der Waals surface area contributed by atoms with Crippen LogP contribution in [0.15, 0.2) is 35.0 Å². The maximum absolute atomic E-state index is 13.6. The van der Waals surface area contributed by atoms with Gasteiger partial charge in [-0.3, -0.25) is 0 Å². The quantitative estimate of drug-likeness (QED) is 0.825. The van der Waals surface area contributed by atoms with Gasteiger partial charge in [0.15, 0.2) is 0 Å². The van der Waals surface area contributed by atoms with Crippen molar-refractivity contribution in [1.29, 1.82) is 0 Å². The molecule has 1 heterocycles. The minimum absolute atomic E-state index is 0.468. The normalized spacial score (nSPS) is 13.6. The summed E-state index contributed by atoms with van der Waals surface area (Å²) in [4.78, 5) is 0. The molecule has 18 heavy (non-hydrogen) atoms. The molecule has 1 aromatic heterocycles. The Labute approximate surface area is 105 Å². The van der Waals surface area contributed by atoms with Crippen LogP contribution in [0.4, 0.5) is 17.6 Å². The van der Waals surface area contributed by atoms with E-state index in [9.17, 15) is 17.6 Å². The van der Waals surface area contributed by atoms with Crippen LogP contribution in [0.2, 0.25) is 0 Å². The predicted octanol–water partition coefficient (Wildman–Crippen LogP) is 3.95. The molecule has 0 aliphatic rings. The molecule has 0 aliphatic carbocycles. The fraction of sp³-hybridized carbons (Fsp3) is 0.167. The zero-order valence-corrected chi connectivity index (χ0v) is 9.86. The number of hydrogen-bond acceptors (Lipinski definition) is 2. The van der Waals surface area contributed by atoms with Gasteiger partial charge in [-0.25, -0.2) is 4.39 Å². The molecule has 0 unspecified atom stereocenters. The molecule has 1 nitrogen and oxygen atoms in total. The largest absolute Gasteiger partial charge is 0.416 e. The van der Waals surface area contributed by atoms with Crippen LogP contribution in [-0.2, 0) is 6.18 Å². The zero-order valence-electron chi connectivity index (χ0n) is 9.04. The first-order valence-electron chi connectivity index (χ1n) is 5.04. The van der Waals surface area contributed by atoms with Crippen molar-refractivity contribution in [2.75, 3.05) is 0 Å². The van der Waals surface area contributed by atoms with E-state index in [1.165, 1.54) is 11.3 Å². The van der Waals surface area contributed by atoms with Gasteiger partial charge in [0.2, 0.25) is 0 Å². The first-order valence-corrected chi connectivity index (χ1v) is 5.99. The topological polar surface area (TPSA) is 26.0 Å². The van der Waals surface area contributed by atoms with Crippen molar-refractivity contribution in [1.82, 2.24) is 0 Å². The molecule has 2 rings (SSSR count). The Bertz CT molecular complexity index is 534. The second-order valence-corrected chi connectivity index (χ2v) is 4.51. The molecule has 0 spiro atoms. The summed E-state index contributed by atoms with van der Waals surface area (Å²) in [5.74, 6) is -0.941. The van der Waals surface area contributed by atoms with E-state index in [0.29, 0.717) is 5.56 Å². The lowest BCUT2D eigenvalue weighted by atomic mass is 9.96. The molecule has 1 aromatic carbocycles. The highest BCUT2D eigenvalue weighted by molar-refractivity contribution is 7.08. The Morgan fingerprint density at radius 3 is 2.44 bits per heavy atom. The van der Waals surface area contributed by atoms with Crippen LogP contribution in [0, 0.1) is 5.82 Å². The number of hydrogen-bond donors (Lipinski definition) is 1. The lowest BCUT2D eigenvalue weighted by Crippen LogP contribution is -2.19. The van der Waals surface area contributed by atoms with Crippen LogP contribution in [-0.4, -0.2) is 0 Å². The number of thiophene rings is 1. The molecule has 0 aliphatic heterocycles.